The van der Waals surface area contributed by atoms with Crippen LogP contribution >= 0.6 is 15.9 Å². The Bertz CT molecular complexity index is 601. The van der Waals surface area contributed by atoms with Crippen LogP contribution in [0.5, 0.6) is 0 Å². The average Bonchev–Trinajstić information content (AvgIpc) is 2.58. The number of anilines is 1. The predicted octanol–water partition coefficient (Wildman–Crippen LogP) is 2.87. The van der Waals surface area contributed by atoms with Crippen molar-refractivity contribution < 1.29 is 27.5 Å². The fourth-order valence-corrected chi connectivity index (χ4v) is 2.74. The van der Waals surface area contributed by atoms with Gasteiger partial charge in [-0.3, -0.25) is 9.59 Å². The number of rotatable bonds is 4. The van der Waals surface area contributed by atoms with E-state index in [2.05, 4.69) is 20.7 Å². The summed E-state index contributed by atoms with van der Waals surface area (Å²) in [5.41, 5.74) is 1.38. The van der Waals surface area contributed by atoms with E-state index < -0.39 is 24.5 Å². The van der Waals surface area contributed by atoms with Gasteiger partial charge < -0.3 is 9.64 Å². The fourth-order valence-electron chi connectivity index (χ4n) is 2.16. The standard InChI is InChI=1S/C13H11BrF3NO3/c1-7-4-8(14)5-9-10(7)18(12(20)11(9)19)2-3-21-6-13(15,16)17/h4-5H,2-3,6H2,1H3. The molecule has 1 amide bonds. The molecule has 2 rings (SSSR count). The van der Waals surface area contributed by atoms with Crippen molar-refractivity contribution in [2.24, 2.45) is 0 Å². The van der Waals surface area contributed by atoms with E-state index in [9.17, 15) is 22.8 Å². The normalized spacial score (nSPS) is 14.8. The number of ether oxygens (including phenoxy) is 1. The number of carbonyl (C=O) groups is 2. The lowest BCUT2D eigenvalue weighted by atomic mass is 10.1. The number of hydrogen-bond acceptors (Lipinski definition) is 3. The van der Waals surface area contributed by atoms with Crippen LogP contribution in [0.1, 0.15) is 15.9 Å². The summed E-state index contributed by atoms with van der Waals surface area (Å²) < 4.78 is 41.1. The topological polar surface area (TPSA) is 46.6 Å². The van der Waals surface area contributed by atoms with E-state index in [4.69, 9.17) is 0 Å². The number of hydrogen-bond donors (Lipinski definition) is 0. The Kier molecular flexibility index (Phi) is 4.38. The maximum Gasteiger partial charge on any atom is 0.411 e. The second-order valence-corrected chi connectivity index (χ2v) is 5.49. The zero-order valence-corrected chi connectivity index (χ0v) is 12.5. The maximum atomic E-state index is 12.0. The molecule has 0 spiro atoms. The lowest BCUT2D eigenvalue weighted by molar-refractivity contribution is -0.173. The van der Waals surface area contributed by atoms with Crippen molar-refractivity contribution in [1.29, 1.82) is 0 Å². The second kappa shape index (κ2) is 5.76. The molecule has 114 valence electrons. The average molecular weight is 366 g/mol. The number of halogens is 4. The van der Waals surface area contributed by atoms with E-state index >= 15 is 0 Å². The quantitative estimate of drug-likeness (QED) is 0.608. The van der Waals surface area contributed by atoms with Crippen molar-refractivity contribution >= 4 is 33.3 Å². The van der Waals surface area contributed by atoms with E-state index in [0.29, 0.717) is 15.7 Å². The van der Waals surface area contributed by atoms with E-state index in [0.717, 1.165) is 4.90 Å². The first-order chi connectivity index (χ1) is 9.70. The molecule has 0 aromatic heterocycles. The highest BCUT2D eigenvalue weighted by molar-refractivity contribution is 9.10. The molecule has 1 aromatic carbocycles. The number of benzene rings is 1. The van der Waals surface area contributed by atoms with Gasteiger partial charge in [-0.05, 0) is 24.6 Å². The molecule has 1 aromatic rings. The summed E-state index contributed by atoms with van der Waals surface area (Å²) in [6.07, 6.45) is -4.41. The fraction of sp³-hybridized carbons (Fsp3) is 0.385. The third-order valence-corrected chi connectivity index (χ3v) is 3.40. The zero-order chi connectivity index (χ0) is 15.8. The number of amides is 1. The Morgan fingerprint density at radius 2 is 1.95 bits per heavy atom. The minimum absolute atomic E-state index is 0.101. The van der Waals surface area contributed by atoms with Crippen LogP contribution in [-0.4, -0.2) is 37.6 Å². The first kappa shape index (κ1) is 16.0. The molecule has 1 aliphatic rings. The summed E-state index contributed by atoms with van der Waals surface area (Å²) in [6.45, 7) is -0.0577. The molecule has 8 heteroatoms. The molecule has 0 saturated carbocycles. The van der Waals surface area contributed by atoms with Crippen LogP contribution in [0.15, 0.2) is 16.6 Å². The van der Waals surface area contributed by atoms with Gasteiger partial charge in [0.25, 0.3) is 11.7 Å². The van der Waals surface area contributed by atoms with Crippen molar-refractivity contribution in [3.8, 4) is 0 Å². The van der Waals surface area contributed by atoms with E-state index in [1.165, 1.54) is 6.07 Å². The minimum Gasteiger partial charge on any atom is -0.370 e. The minimum atomic E-state index is -4.41. The summed E-state index contributed by atoms with van der Waals surface area (Å²) in [5.74, 6) is -1.41. The van der Waals surface area contributed by atoms with Crippen molar-refractivity contribution in [2.45, 2.75) is 13.1 Å². The largest absolute Gasteiger partial charge is 0.411 e. The molecule has 0 atom stereocenters. The smallest absolute Gasteiger partial charge is 0.370 e. The molecular formula is C13H11BrF3NO3. The van der Waals surface area contributed by atoms with E-state index in [1.54, 1.807) is 13.0 Å². The van der Waals surface area contributed by atoms with Gasteiger partial charge in [0, 0.05) is 11.0 Å². The van der Waals surface area contributed by atoms with Crippen LogP contribution in [0, 0.1) is 6.92 Å². The zero-order valence-electron chi connectivity index (χ0n) is 11.0. The van der Waals surface area contributed by atoms with Crippen LogP contribution in [0.25, 0.3) is 0 Å². The molecule has 0 unspecified atom stereocenters. The molecule has 0 saturated heterocycles. The van der Waals surface area contributed by atoms with Gasteiger partial charge >= 0.3 is 6.18 Å². The Balaban J connectivity index is 2.12. The summed E-state index contributed by atoms with van der Waals surface area (Å²) in [4.78, 5) is 24.9. The third-order valence-electron chi connectivity index (χ3n) is 2.94. The van der Waals surface area contributed by atoms with E-state index in [-0.39, 0.29) is 18.7 Å². The molecule has 1 aliphatic heterocycles. The van der Waals surface area contributed by atoms with Gasteiger partial charge in [-0.1, -0.05) is 15.9 Å². The Labute approximate surface area is 127 Å². The lowest BCUT2D eigenvalue weighted by Gasteiger charge is -2.18. The molecular weight excluding hydrogens is 355 g/mol. The van der Waals surface area contributed by atoms with Crippen LogP contribution in [0.2, 0.25) is 0 Å². The number of Topliss-reactive ketones (excluding diaryl/α,β-unsaturated/α-hetero) is 1. The second-order valence-electron chi connectivity index (χ2n) is 4.57. The highest BCUT2D eigenvalue weighted by Crippen LogP contribution is 2.34. The third kappa shape index (κ3) is 3.44. The summed E-state index contributed by atoms with van der Waals surface area (Å²) >= 11 is 3.24. The van der Waals surface area contributed by atoms with Gasteiger partial charge in [-0.2, -0.15) is 13.2 Å². The number of aryl methyl sites for hydroxylation is 1. The maximum absolute atomic E-state index is 12.0. The molecule has 0 aliphatic carbocycles. The molecule has 1 heterocycles. The summed E-state index contributed by atoms with van der Waals surface area (Å²) in [7, 11) is 0. The van der Waals surface area contributed by atoms with Gasteiger partial charge in [0.1, 0.15) is 6.61 Å². The van der Waals surface area contributed by atoms with Crippen molar-refractivity contribution in [3.63, 3.8) is 0 Å². The highest BCUT2D eigenvalue weighted by Gasteiger charge is 2.37. The molecule has 4 nitrogen and oxygen atoms in total. The summed E-state index contributed by atoms with van der Waals surface area (Å²) in [5, 5.41) is 0. The monoisotopic (exact) mass is 365 g/mol. The number of alkyl halides is 3. The number of carbonyl (C=O) groups excluding carboxylic acids is 2. The Hall–Kier alpha value is -1.41. The van der Waals surface area contributed by atoms with Crippen LogP contribution in [0.4, 0.5) is 18.9 Å². The lowest BCUT2D eigenvalue weighted by Crippen LogP contribution is -2.34. The van der Waals surface area contributed by atoms with Gasteiger partial charge in [0.2, 0.25) is 0 Å². The van der Waals surface area contributed by atoms with Crippen molar-refractivity contribution in [1.82, 2.24) is 0 Å². The molecule has 0 bridgehead atoms. The SMILES string of the molecule is Cc1cc(Br)cc2c1N(CCOCC(F)(F)F)C(=O)C2=O. The molecule has 0 radical (unpaired) electrons. The number of ketones is 1. The van der Waals surface area contributed by atoms with E-state index in [1.807, 2.05) is 0 Å². The van der Waals surface area contributed by atoms with Gasteiger partial charge in [0.05, 0.1) is 17.9 Å². The first-order valence-corrected chi connectivity index (χ1v) is 6.81. The van der Waals surface area contributed by atoms with Crippen LogP contribution in [-0.2, 0) is 9.53 Å². The summed E-state index contributed by atoms with van der Waals surface area (Å²) in [6, 6.07) is 3.26. The van der Waals surface area contributed by atoms with Gasteiger partial charge in [-0.15, -0.1) is 0 Å². The number of fused-ring (bicyclic) bond motifs is 1. The highest BCUT2D eigenvalue weighted by atomic mass is 79.9. The predicted molar refractivity (Wildman–Crippen MR) is 72.4 cm³/mol. The van der Waals surface area contributed by atoms with Crippen molar-refractivity contribution in [3.05, 3.63) is 27.7 Å². The Morgan fingerprint density at radius 3 is 2.57 bits per heavy atom. The van der Waals surface area contributed by atoms with Crippen LogP contribution < -0.4 is 4.90 Å². The number of nitrogens with zero attached hydrogens (tertiary/aromatic N) is 1. The Morgan fingerprint density at radius 1 is 1.29 bits per heavy atom. The molecule has 21 heavy (non-hydrogen) atoms. The first-order valence-electron chi connectivity index (χ1n) is 6.01. The molecule has 0 fully saturated rings. The molecule has 0 N–H and O–H groups in total. The van der Waals surface area contributed by atoms with Crippen molar-refractivity contribution in [2.75, 3.05) is 24.7 Å². The van der Waals surface area contributed by atoms with Crippen LogP contribution in [0.3, 0.4) is 0 Å². The van der Waals surface area contributed by atoms with Gasteiger partial charge in [-0.25, -0.2) is 0 Å². The van der Waals surface area contributed by atoms with Gasteiger partial charge in [0.15, 0.2) is 0 Å².